The third kappa shape index (κ3) is 3.99. The van der Waals surface area contributed by atoms with Crippen LogP contribution in [0.3, 0.4) is 0 Å². The van der Waals surface area contributed by atoms with Crippen molar-refractivity contribution < 1.29 is 0 Å². The predicted octanol–water partition coefficient (Wildman–Crippen LogP) is 8.85. The minimum absolute atomic E-state index is 0.192. The summed E-state index contributed by atoms with van der Waals surface area (Å²) in [6, 6.07) is 20.4. The van der Waals surface area contributed by atoms with Gasteiger partial charge in [-0.05, 0) is 90.0 Å². The average Bonchev–Trinajstić information content (AvgIpc) is 2.96. The van der Waals surface area contributed by atoms with Gasteiger partial charge in [-0.2, -0.15) is 0 Å². The van der Waals surface area contributed by atoms with Crippen molar-refractivity contribution in [2.24, 2.45) is 0 Å². The lowest BCUT2D eigenvalue weighted by Gasteiger charge is -2.29. The maximum atomic E-state index is 3.71. The van der Waals surface area contributed by atoms with Gasteiger partial charge in [-0.15, -0.1) is 0 Å². The van der Waals surface area contributed by atoms with Crippen molar-refractivity contribution in [1.82, 2.24) is 0 Å². The number of unbranched alkanes of at least 4 members (excludes halogenated alkanes) is 3. The molecule has 3 heteroatoms. The molecule has 0 atom stereocenters. The van der Waals surface area contributed by atoms with Gasteiger partial charge in [-0.1, -0.05) is 76.2 Å². The normalized spacial score (nSPS) is 13.8. The van der Waals surface area contributed by atoms with Gasteiger partial charge >= 0.3 is 0 Å². The molecule has 0 bridgehead atoms. The number of hydrogen-bond donors (Lipinski definition) is 1. The molecular weight excluding hydrogens is 498 g/mol. The van der Waals surface area contributed by atoms with Crippen molar-refractivity contribution in [3.05, 3.63) is 85.8 Å². The molecule has 4 rings (SSSR count). The minimum atomic E-state index is -0.192. The molecule has 1 nitrogen and oxygen atoms in total. The van der Waals surface area contributed by atoms with Crippen molar-refractivity contribution in [2.75, 3.05) is 11.9 Å². The standard InChI is InChI=1S/C27H29Br2N/c1-4-5-6-7-12-30-22-14-18(2)13-19(15-22)27(3)25-16-20(28)8-10-23(25)24-11-9-21(29)17-26(24)27/h8-11,13-17,30H,4-7,12H2,1-3H3. The SMILES string of the molecule is CCCCCCNc1cc(C)cc(C2(C)c3cc(Br)ccc3-c3ccc(Br)cc32)c1. The Morgan fingerprint density at radius 2 is 1.43 bits per heavy atom. The maximum absolute atomic E-state index is 3.71. The van der Waals surface area contributed by atoms with Gasteiger partial charge in [0.15, 0.2) is 0 Å². The number of nitrogens with one attached hydrogen (secondary N) is 1. The first-order valence-electron chi connectivity index (χ1n) is 10.9. The summed E-state index contributed by atoms with van der Waals surface area (Å²) in [7, 11) is 0. The highest BCUT2D eigenvalue weighted by atomic mass is 79.9. The molecule has 1 aliphatic carbocycles. The third-order valence-corrected chi connectivity index (χ3v) is 7.33. The summed E-state index contributed by atoms with van der Waals surface area (Å²) in [5, 5.41) is 3.68. The van der Waals surface area contributed by atoms with Crippen LogP contribution in [-0.4, -0.2) is 6.54 Å². The van der Waals surface area contributed by atoms with E-state index in [9.17, 15) is 0 Å². The van der Waals surface area contributed by atoms with Crippen LogP contribution in [0.5, 0.6) is 0 Å². The summed E-state index contributed by atoms with van der Waals surface area (Å²) in [5.41, 5.74) is 9.07. The molecule has 0 saturated heterocycles. The van der Waals surface area contributed by atoms with Crippen LogP contribution in [0.1, 0.15) is 61.8 Å². The molecule has 0 radical (unpaired) electrons. The molecule has 3 aromatic rings. The van der Waals surface area contributed by atoms with Crippen LogP contribution in [-0.2, 0) is 5.41 Å². The summed E-state index contributed by atoms with van der Waals surface area (Å²) in [5.74, 6) is 0. The van der Waals surface area contributed by atoms with E-state index in [1.54, 1.807) is 0 Å². The molecule has 0 heterocycles. The van der Waals surface area contributed by atoms with Gasteiger partial charge in [0.25, 0.3) is 0 Å². The van der Waals surface area contributed by atoms with Crippen molar-refractivity contribution >= 4 is 37.5 Å². The smallest absolute Gasteiger partial charge is 0.0437 e. The number of fused-ring (bicyclic) bond motifs is 3. The van der Waals surface area contributed by atoms with E-state index in [0.29, 0.717) is 0 Å². The molecule has 0 aliphatic heterocycles. The van der Waals surface area contributed by atoms with Crippen LogP contribution in [0.2, 0.25) is 0 Å². The van der Waals surface area contributed by atoms with Crippen molar-refractivity contribution in [3.8, 4) is 11.1 Å². The average molecular weight is 527 g/mol. The van der Waals surface area contributed by atoms with Gasteiger partial charge in [0.1, 0.15) is 0 Å². The molecular formula is C27H29Br2N. The van der Waals surface area contributed by atoms with E-state index in [0.717, 1.165) is 15.5 Å². The van der Waals surface area contributed by atoms with Crippen molar-refractivity contribution in [3.63, 3.8) is 0 Å². The van der Waals surface area contributed by atoms with Crippen LogP contribution < -0.4 is 5.32 Å². The summed E-state index contributed by atoms with van der Waals surface area (Å²) in [6.07, 6.45) is 5.11. The fourth-order valence-electron chi connectivity index (χ4n) is 4.74. The van der Waals surface area contributed by atoms with Gasteiger partial charge in [0.2, 0.25) is 0 Å². The zero-order valence-electron chi connectivity index (χ0n) is 18.0. The van der Waals surface area contributed by atoms with E-state index in [4.69, 9.17) is 0 Å². The van der Waals surface area contributed by atoms with E-state index in [1.807, 2.05) is 0 Å². The van der Waals surface area contributed by atoms with Gasteiger partial charge in [-0.3, -0.25) is 0 Å². The molecule has 0 aromatic heterocycles. The Morgan fingerprint density at radius 3 is 2.03 bits per heavy atom. The Labute approximate surface area is 197 Å². The minimum Gasteiger partial charge on any atom is -0.385 e. The second-order valence-electron chi connectivity index (χ2n) is 8.58. The fourth-order valence-corrected chi connectivity index (χ4v) is 5.47. The quantitative estimate of drug-likeness (QED) is 0.303. The van der Waals surface area contributed by atoms with E-state index < -0.39 is 0 Å². The number of anilines is 1. The second-order valence-corrected chi connectivity index (χ2v) is 10.4. The van der Waals surface area contributed by atoms with Gasteiger partial charge < -0.3 is 5.32 Å². The Morgan fingerprint density at radius 1 is 0.800 bits per heavy atom. The highest BCUT2D eigenvalue weighted by Crippen LogP contribution is 2.53. The molecule has 3 aromatic carbocycles. The van der Waals surface area contributed by atoms with Gasteiger partial charge in [0.05, 0.1) is 0 Å². The Bertz CT molecular complexity index is 1020. The van der Waals surface area contributed by atoms with E-state index >= 15 is 0 Å². The number of halogens is 2. The zero-order valence-corrected chi connectivity index (χ0v) is 21.2. The van der Waals surface area contributed by atoms with Crippen LogP contribution in [0.15, 0.2) is 63.5 Å². The first-order chi connectivity index (χ1) is 14.4. The molecule has 156 valence electrons. The number of rotatable bonds is 7. The van der Waals surface area contributed by atoms with Gasteiger partial charge in [0, 0.05) is 26.6 Å². The molecule has 1 N–H and O–H groups in total. The van der Waals surface area contributed by atoms with Crippen LogP contribution >= 0.6 is 31.9 Å². The second kappa shape index (κ2) is 8.88. The third-order valence-electron chi connectivity index (χ3n) is 6.34. The molecule has 0 spiro atoms. The topological polar surface area (TPSA) is 12.0 Å². The lowest BCUT2D eigenvalue weighted by atomic mass is 9.74. The van der Waals surface area contributed by atoms with Crippen LogP contribution in [0.25, 0.3) is 11.1 Å². The van der Waals surface area contributed by atoms with Crippen LogP contribution in [0, 0.1) is 6.92 Å². The largest absolute Gasteiger partial charge is 0.385 e. The van der Waals surface area contributed by atoms with E-state index in [2.05, 4.69) is 113 Å². The Kier molecular flexibility index (Phi) is 6.41. The highest BCUT2D eigenvalue weighted by molar-refractivity contribution is 9.10. The first-order valence-corrected chi connectivity index (χ1v) is 12.5. The Hall–Kier alpha value is -1.58. The molecule has 0 saturated carbocycles. The maximum Gasteiger partial charge on any atom is 0.0437 e. The lowest BCUT2D eigenvalue weighted by molar-refractivity contribution is 0.684. The zero-order chi connectivity index (χ0) is 21.3. The molecule has 0 unspecified atom stereocenters. The molecule has 0 amide bonds. The summed E-state index contributed by atoms with van der Waals surface area (Å²) in [4.78, 5) is 0. The van der Waals surface area contributed by atoms with Crippen molar-refractivity contribution in [2.45, 2.75) is 51.9 Å². The predicted molar refractivity (Wildman–Crippen MR) is 137 cm³/mol. The number of aryl methyl sites for hydroxylation is 1. The van der Waals surface area contributed by atoms with E-state index in [-0.39, 0.29) is 5.41 Å². The fraction of sp³-hybridized carbons (Fsp3) is 0.333. The summed E-state index contributed by atoms with van der Waals surface area (Å²) in [6.45, 7) is 7.86. The summed E-state index contributed by atoms with van der Waals surface area (Å²) < 4.78 is 2.25. The van der Waals surface area contributed by atoms with E-state index in [1.165, 1.54) is 64.8 Å². The number of hydrogen-bond acceptors (Lipinski definition) is 1. The van der Waals surface area contributed by atoms with Gasteiger partial charge in [-0.25, -0.2) is 0 Å². The molecule has 0 fully saturated rings. The lowest BCUT2D eigenvalue weighted by Crippen LogP contribution is -2.23. The monoisotopic (exact) mass is 525 g/mol. The molecule has 30 heavy (non-hydrogen) atoms. The first kappa shape index (κ1) is 21.6. The number of benzene rings is 3. The highest BCUT2D eigenvalue weighted by Gasteiger charge is 2.41. The Balaban J connectivity index is 1.78. The molecule has 1 aliphatic rings. The van der Waals surface area contributed by atoms with Crippen LogP contribution in [0.4, 0.5) is 5.69 Å². The summed E-state index contributed by atoms with van der Waals surface area (Å²) >= 11 is 7.42. The van der Waals surface area contributed by atoms with Crippen molar-refractivity contribution in [1.29, 1.82) is 0 Å².